The third-order valence-corrected chi connectivity index (χ3v) is 8.82. The van der Waals surface area contributed by atoms with Crippen molar-refractivity contribution in [2.24, 2.45) is 22.7 Å². The summed E-state index contributed by atoms with van der Waals surface area (Å²) < 4.78 is 46.1. The molecule has 0 atom stereocenters. The van der Waals surface area contributed by atoms with Crippen LogP contribution in [0.25, 0.3) is 11.3 Å². The Bertz CT molecular complexity index is 1280. The van der Waals surface area contributed by atoms with Crippen LogP contribution >= 0.6 is 0 Å². The van der Waals surface area contributed by atoms with Crippen molar-refractivity contribution in [3.63, 3.8) is 0 Å². The van der Waals surface area contributed by atoms with Crippen LogP contribution in [0.1, 0.15) is 86.3 Å². The first-order valence-electron chi connectivity index (χ1n) is 13.8. The fourth-order valence-electron chi connectivity index (χ4n) is 5.96. The number of halogens is 3. The predicted octanol–water partition coefficient (Wildman–Crippen LogP) is 7.32. The van der Waals surface area contributed by atoms with Crippen molar-refractivity contribution >= 4 is 18.1 Å². The summed E-state index contributed by atoms with van der Waals surface area (Å²) in [4.78, 5) is 28.4. The smallest absolute Gasteiger partial charge is 0.481 e. The first-order valence-corrected chi connectivity index (χ1v) is 13.8. The lowest BCUT2D eigenvalue weighted by atomic mass is 9.76. The molecule has 0 saturated heterocycles. The van der Waals surface area contributed by atoms with Gasteiger partial charge in [0.2, 0.25) is 0 Å². The molecule has 3 aliphatic rings. The lowest BCUT2D eigenvalue weighted by Crippen LogP contribution is -2.31. The van der Waals surface area contributed by atoms with Gasteiger partial charge in [0.05, 0.1) is 11.5 Å². The second kappa shape index (κ2) is 10.5. The van der Waals surface area contributed by atoms with Gasteiger partial charge in [-0.15, -0.1) is 13.2 Å². The van der Waals surface area contributed by atoms with Gasteiger partial charge in [-0.3, -0.25) is 9.59 Å². The molecule has 0 spiro atoms. The van der Waals surface area contributed by atoms with Crippen LogP contribution in [0.5, 0.6) is 5.75 Å². The Morgan fingerprint density at radius 2 is 1.82 bits per heavy atom. The average Bonchev–Trinajstić information content (AvgIpc) is 3.51. The van der Waals surface area contributed by atoms with E-state index in [1.54, 1.807) is 12.3 Å². The summed E-state index contributed by atoms with van der Waals surface area (Å²) in [5.41, 5.74) is 3.03. The van der Waals surface area contributed by atoms with Crippen LogP contribution in [0.15, 0.2) is 29.3 Å². The second-order valence-electron chi connectivity index (χ2n) is 11.8. The normalized spacial score (nSPS) is 23.0. The van der Waals surface area contributed by atoms with Crippen molar-refractivity contribution in [1.82, 2.24) is 4.57 Å². The van der Waals surface area contributed by atoms with Crippen LogP contribution < -0.4 is 4.74 Å². The molecule has 2 aromatic rings. The number of alkyl halides is 3. The minimum atomic E-state index is -4.81. The molecule has 3 aliphatic carbocycles. The number of aliphatic carboxylic acids is 1. The summed E-state index contributed by atoms with van der Waals surface area (Å²) in [6, 6.07) is 6.56. The highest BCUT2D eigenvalue weighted by molar-refractivity contribution is 6.01. The van der Waals surface area contributed by atoms with Crippen molar-refractivity contribution in [2.45, 2.75) is 90.0 Å². The van der Waals surface area contributed by atoms with Gasteiger partial charge in [0.25, 0.3) is 5.91 Å². The molecular formula is C30H35F3N2O4. The van der Waals surface area contributed by atoms with Crippen LogP contribution in [0.2, 0.25) is 0 Å². The van der Waals surface area contributed by atoms with E-state index in [2.05, 4.69) is 14.3 Å². The van der Waals surface area contributed by atoms with Gasteiger partial charge in [0, 0.05) is 29.7 Å². The van der Waals surface area contributed by atoms with Gasteiger partial charge in [-0.1, -0.05) is 26.2 Å². The number of hydrogen-bond acceptors (Lipinski definition) is 3. The Hall–Kier alpha value is -3.10. The van der Waals surface area contributed by atoms with Gasteiger partial charge in [-0.05, 0) is 92.5 Å². The summed E-state index contributed by atoms with van der Waals surface area (Å²) in [7, 11) is 0. The fourth-order valence-corrected chi connectivity index (χ4v) is 5.96. The largest absolute Gasteiger partial charge is 0.573 e. The highest BCUT2D eigenvalue weighted by atomic mass is 19.4. The number of ether oxygens (including phenoxy) is 1. The van der Waals surface area contributed by atoms with E-state index in [4.69, 9.17) is 5.11 Å². The zero-order valence-corrected chi connectivity index (χ0v) is 22.4. The standard InChI is InChI=1S/C30H35F3N2O4/c1-18-25(27(36)34-16-20-10-22(11-20)28(37)38)15-26(35(18)17-19-6-4-3-5-7-19)21-12-23(29(2)8-9-29)14-24(13-21)39-30(31,32)33/h12-16,19-20,22H,3-11,17H2,1-2H3,(H,37,38). The highest BCUT2D eigenvalue weighted by Crippen LogP contribution is 2.49. The maximum atomic E-state index is 13.2. The van der Waals surface area contributed by atoms with Gasteiger partial charge in [-0.25, -0.2) is 4.99 Å². The molecule has 1 amide bonds. The molecule has 9 heteroatoms. The number of carbonyl (C=O) groups excluding carboxylic acids is 1. The van der Waals surface area contributed by atoms with Crippen molar-refractivity contribution in [3.05, 3.63) is 41.1 Å². The monoisotopic (exact) mass is 544 g/mol. The summed E-state index contributed by atoms with van der Waals surface area (Å²) in [5, 5.41) is 9.09. The molecule has 1 heterocycles. The van der Waals surface area contributed by atoms with Crippen molar-refractivity contribution < 1.29 is 32.6 Å². The summed E-state index contributed by atoms with van der Waals surface area (Å²) in [6.45, 7) is 4.57. The van der Waals surface area contributed by atoms with E-state index in [0.29, 0.717) is 42.1 Å². The van der Waals surface area contributed by atoms with Crippen LogP contribution in [0.3, 0.4) is 0 Å². The van der Waals surface area contributed by atoms with Gasteiger partial charge in [0.15, 0.2) is 0 Å². The Morgan fingerprint density at radius 3 is 2.44 bits per heavy atom. The Balaban J connectivity index is 1.51. The number of aliphatic imine (C=N–C) groups is 1. The van der Waals surface area contributed by atoms with E-state index in [-0.39, 0.29) is 17.1 Å². The third-order valence-electron chi connectivity index (χ3n) is 8.82. The molecule has 3 fully saturated rings. The van der Waals surface area contributed by atoms with E-state index >= 15 is 0 Å². The van der Waals surface area contributed by atoms with Crippen LogP contribution in [-0.2, 0) is 16.8 Å². The van der Waals surface area contributed by atoms with Crippen molar-refractivity contribution in [2.75, 3.05) is 0 Å². The van der Waals surface area contributed by atoms with Gasteiger partial charge < -0.3 is 14.4 Å². The lowest BCUT2D eigenvalue weighted by molar-refractivity contribution is -0.274. The van der Waals surface area contributed by atoms with E-state index in [1.807, 2.05) is 19.9 Å². The topological polar surface area (TPSA) is 80.9 Å². The Morgan fingerprint density at radius 1 is 1.13 bits per heavy atom. The summed E-state index contributed by atoms with van der Waals surface area (Å²) in [5.74, 6) is -1.52. The maximum Gasteiger partial charge on any atom is 0.573 e. The fraction of sp³-hybridized carbons (Fsp3) is 0.567. The van der Waals surface area contributed by atoms with E-state index in [0.717, 1.165) is 49.8 Å². The van der Waals surface area contributed by atoms with Gasteiger partial charge in [0.1, 0.15) is 5.75 Å². The molecule has 210 valence electrons. The number of aromatic nitrogens is 1. The zero-order valence-electron chi connectivity index (χ0n) is 22.4. The van der Waals surface area contributed by atoms with E-state index in [1.165, 1.54) is 18.6 Å². The summed E-state index contributed by atoms with van der Waals surface area (Å²) >= 11 is 0. The van der Waals surface area contributed by atoms with Crippen molar-refractivity contribution in [3.8, 4) is 17.0 Å². The molecule has 0 unspecified atom stereocenters. The summed E-state index contributed by atoms with van der Waals surface area (Å²) in [6.07, 6.45) is 5.10. The molecule has 0 radical (unpaired) electrons. The predicted molar refractivity (Wildman–Crippen MR) is 141 cm³/mol. The number of hydrogen-bond donors (Lipinski definition) is 1. The molecule has 1 aromatic heterocycles. The molecule has 0 bridgehead atoms. The number of benzene rings is 1. The zero-order chi connectivity index (χ0) is 27.9. The van der Waals surface area contributed by atoms with Gasteiger partial charge >= 0.3 is 12.3 Å². The quantitative estimate of drug-likeness (QED) is 0.353. The number of carboxylic acid groups (broad SMARTS) is 1. The maximum absolute atomic E-state index is 13.2. The van der Waals surface area contributed by atoms with E-state index in [9.17, 15) is 22.8 Å². The minimum Gasteiger partial charge on any atom is -0.481 e. The molecular weight excluding hydrogens is 509 g/mol. The van der Waals surface area contributed by atoms with Gasteiger partial charge in [-0.2, -0.15) is 0 Å². The molecule has 3 saturated carbocycles. The first kappa shape index (κ1) is 27.5. The Labute approximate surface area is 226 Å². The third kappa shape index (κ3) is 6.23. The second-order valence-corrected chi connectivity index (χ2v) is 11.8. The van der Waals surface area contributed by atoms with Crippen molar-refractivity contribution in [1.29, 1.82) is 0 Å². The molecule has 6 nitrogen and oxygen atoms in total. The molecule has 0 aliphatic heterocycles. The highest BCUT2D eigenvalue weighted by Gasteiger charge is 2.40. The number of nitrogens with zero attached hydrogens (tertiary/aromatic N) is 2. The Kier molecular flexibility index (Phi) is 7.37. The minimum absolute atomic E-state index is 0.0443. The number of rotatable bonds is 8. The van der Waals surface area contributed by atoms with Crippen LogP contribution in [0, 0.1) is 24.7 Å². The molecule has 39 heavy (non-hydrogen) atoms. The number of carbonyl (C=O) groups is 2. The SMILES string of the molecule is Cc1c(C(=O)N=CC2CC(C(=O)O)C2)cc(-c2cc(OC(F)(F)F)cc(C3(C)CC3)c2)n1CC1CCCCC1. The average molecular weight is 545 g/mol. The molecule has 1 aromatic carbocycles. The van der Waals surface area contributed by atoms with Crippen LogP contribution in [0.4, 0.5) is 13.2 Å². The number of carboxylic acids is 1. The number of amides is 1. The first-order chi connectivity index (χ1) is 18.4. The molecule has 5 rings (SSSR count). The van der Waals surface area contributed by atoms with E-state index < -0.39 is 24.2 Å². The lowest BCUT2D eigenvalue weighted by Gasteiger charge is -2.28. The van der Waals surface area contributed by atoms with Crippen LogP contribution in [-0.4, -0.2) is 34.1 Å². The molecule has 1 N–H and O–H groups in total.